The van der Waals surface area contributed by atoms with E-state index in [0.717, 1.165) is 12.8 Å². The molecule has 1 aliphatic heterocycles. The fourth-order valence-electron chi connectivity index (χ4n) is 4.69. The molecule has 0 fully saturated rings. The Balaban J connectivity index is 0.00000105. The quantitative estimate of drug-likeness (QED) is 0.557. The van der Waals surface area contributed by atoms with Crippen LogP contribution in [0.5, 0.6) is 0 Å². The number of methoxy groups -OCH3 is 2. The van der Waals surface area contributed by atoms with Gasteiger partial charge in [-0.3, -0.25) is 0 Å². The predicted octanol–water partition coefficient (Wildman–Crippen LogP) is -0.904. The molecule has 2 nitrogen and oxygen atoms in total. The molecule has 2 aromatic carbocycles. The molecule has 27 heavy (non-hydrogen) atoms. The van der Waals surface area contributed by atoms with Crippen molar-refractivity contribution in [3.8, 4) is 0 Å². The Morgan fingerprint density at radius 3 is 1.52 bits per heavy atom. The fraction of sp³-hybridized carbons (Fsp3) is 0.273. The van der Waals surface area contributed by atoms with Crippen molar-refractivity contribution in [2.24, 2.45) is 0 Å². The van der Waals surface area contributed by atoms with Crippen molar-refractivity contribution in [2.45, 2.75) is 20.1 Å². The van der Waals surface area contributed by atoms with Gasteiger partial charge in [0.25, 0.3) is 0 Å². The molecule has 2 atom stereocenters. The van der Waals surface area contributed by atoms with Gasteiger partial charge in [0.2, 0.25) is 0 Å². The van der Waals surface area contributed by atoms with Crippen LogP contribution in [-0.4, -0.2) is 14.2 Å². The van der Waals surface area contributed by atoms with E-state index in [0.29, 0.717) is 7.25 Å². The van der Waals surface area contributed by atoms with Gasteiger partial charge in [-0.05, 0) is 0 Å². The van der Waals surface area contributed by atoms with Crippen LogP contribution in [0.4, 0.5) is 0 Å². The van der Waals surface area contributed by atoms with Gasteiger partial charge in [-0.25, -0.2) is 0 Å². The number of hydrogen-bond donors (Lipinski definition) is 0. The monoisotopic (exact) mass is 476 g/mol. The summed E-state index contributed by atoms with van der Waals surface area (Å²) in [6, 6.07) is 17.9. The molecule has 0 amide bonds. The molecular weight excluding hydrogens is 458 g/mol. The topological polar surface area (TPSA) is 18.5 Å². The van der Waals surface area contributed by atoms with E-state index in [1.54, 1.807) is 0 Å². The minimum absolute atomic E-state index is 0. The van der Waals surface area contributed by atoms with E-state index in [1.807, 2.05) is 14.2 Å². The summed E-state index contributed by atoms with van der Waals surface area (Å²) in [4.78, 5) is 0. The molecule has 0 saturated heterocycles. The predicted molar refractivity (Wildman–Crippen MR) is 95.5 cm³/mol. The van der Waals surface area contributed by atoms with Crippen LogP contribution in [0.3, 0.4) is 0 Å². The number of benzene rings is 2. The number of halogens is 2. The third kappa shape index (κ3) is 3.03. The summed E-state index contributed by atoms with van der Waals surface area (Å²) in [5, 5.41) is 0. The van der Waals surface area contributed by atoms with E-state index < -0.39 is 23.2 Å². The Morgan fingerprint density at radius 1 is 0.704 bits per heavy atom. The van der Waals surface area contributed by atoms with E-state index in [9.17, 15) is 0 Å². The summed E-state index contributed by atoms with van der Waals surface area (Å²) in [6.45, 7) is 0. The SMILES string of the molecule is COC1=C2CCC3=C(OC)[CH]([Zr+2][CH]1c1ccccc12)c1ccccc13.[Cl-].[Cl-]. The standard InChI is InChI=1S/C22H20O2.2ClH.Zr/c1-23-21-13-15-7-3-5-9-17(15)19(21)11-12-20-18-10-6-4-8-16(18)14-22(20)24-2;;;/h3-10,13-14H,11-12H2,1-2H3;2*1H;/q;;;+2/p-2. The van der Waals surface area contributed by atoms with Crippen LogP contribution < -0.4 is 24.8 Å². The van der Waals surface area contributed by atoms with Crippen LogP contribution in [0.2, 0.25) is 0 Å². The maximum Gasteiger partial charge on any atom is -1.00 e. The second kappa shape index (κ2) is 8.15. The van der Waals surface area contributed by atoms with Crippen molar-refractivity contribution in [3.05, 3.63) is 82.3 Å². The third-order valence-corrected chi connectivity index (χ3v) is 10.2. The van der Waals surface area contributed by atoms with Crippen molar-refractivity contribution in [1.29, 1.82) is 0 Å². The minimum atomic E-state index is -0.910. The molecule has 4 bridgehead atoms. The van der Waals surface area contributed by atoms with E-state index in [-0.39, 0.29) is 24.8 Å². The molecule has 3 aliphatic rings. The molecule has 2 aliphatic carbocycles. The number of fused-ring (bicyclic) bond motifs is 8. The van der Waals surface area contributed by atoms with E-state index in [4.69, 9.17) is 9.47 Å². The third-order valence-electron chi connectivity index (χ3n) is 5.71. The average molecular weight is 479 g/mol. The first-order chi connectivity index (χ1) is 12.3. The first-order valence-electron chi connectivity index (χ1n) is 8.82. The molecule has 138 valence electrons. The van der Waals surface area contributed by atoms with Crippen molar-refractivity contribution in [2.75, 3.05) is 14.2 Å². The van der Waals surface area contributed by atoms with Gasteiger partial charge in [0.1, 0.15) is 0 Å². The summed E-state index contributed by atoms with van der Waals surface area (Å²) >= 11 is -0.910. The molecule has 2 aromatic rings. The molecule has 2 unspecified atom stereocenters. The van der Waals surface area contributed by atoms with Crippen molar-refractivity contribution >= 4 is 11.1 Å². The van der Waals surface area contributed by atoms with Gasteiger partial charge in [-0.15, -0.1) is 0 Å². The molecule has 1 heterocycles. The van der Waals surface area contributed by atoms with Gasteiger partial charge in [-0.2, -0.15) is 0 Å². The zero-order chi connectivity index (χ0) is 17.0. The van der Waals surface area contributed by atoms with Crippen molar-refractivity contribution < 1.29 is 57.5 Å². The summed E-state index contributed by atoms with van der Waals surface area (Å²) < 4.78 is 12.9. The van der Waals surface area contributed by atoms with Gasteiger partial charge in [0.15, 0.2) is 0 Å². The van der Waals surface area contributed by atoms with Gasteiger partial charge in [0.05, 0.1) is 0 Å². The number of ether oxygens (including phenoxy) is 2. The Morgan fingerprint density at radius 2 is 1.11 bits per heavy atom. The Labute approximate surface area is 184 Å². The summed E-state index contributed by atoms with van der Waals surface area (Å²) in [6.07, 6.45) is 2.05. The Kier molecular flexibility index (Phi) is 6.25. The fourth-order valence-corrected chi connectivity index (χ4v) is 9.81. The van der Waals surface area contributed by atoms with E-state index in [2.05, 4.69) is 48.5 Å². The van der Waals surface area contributed by atoms with Crippen LogP contribution >= 0.6 is 0 Å². The Hall–Kier alpha value is -1.02. The normalized spacial score (nSPS) is 21.3. The minimum Gasteiger partial charge on any atom is -1.00 e. The summed E-state index contributed by atoms with van der Waals surface area (Å²) in [7, 11) is 3.71. The van der Waals surface area contributed by atoms with Gasteiger partial charge in [-0.1, -0.05) is 0 Å². The molecule has 0 aromatic heterocycles. The van der Waals surface area contributed by atoms with Crippen molar-refractivity contribution in [1.82, 2.24) is 0 Å². The second-order valence-electron chi connectivity index (χ2n) is 6.80. The van der Waals surface area contributed by atoms with Gasteiger partial charge in [0, 0.05) is 0 Å². The summed E-state index contributed by atoms with van der Waals surface area (Å²) in [5.74, 6) is 2.49. The first kappa shape index (κ1) is 20.7. The van der Waals surface area contributed by atoms with E-state index >= 15 is 0 Å². The number of allylic oxidation sites excluding steroid dienone is 4. The van der Waals surface area contributed by atoms with Crippen LogP contribution in [-0.2, 0) is 32.7 Å². The van der Waals surface area contributed by atoms with Crippen LogP contribution in [0.1, 0.15) is 42.3 Å². The molecule has 0 saturated carbocycles. The van der Waals surface area contributed by atoms with Crippen LogP contribution in [0.15, 0.2) is 60.0 Å². The van der Waals surface area contributed by atoms with Crippen LogP contribution in [0.25, 0.3) is 11.1 Å². The average Bonchev–Trinajstić information content (AvgIpc) is 3.14. The van der Waals surface area contributed by atoms with Crippen molar-refractivity contribution in [3.63, 3.8) is 0 Å². The second-order valence-corrected chi connectivity index (χ2v) is 10.5. The largest absolute Gasteiger partial charge is 1.00 e. The molecule has 0 N–H and O–H groups in total. The smallest absolute Gasteiger partial charge is 1.00 e. The van der Waals surface area contributed by atoms with E-state index in [1.165, 1.54) is 44.9 Å². The maximum absolute atomic E-state index is 5.98. The molecule has 5 rings (SSSR count). The Bertz CT molecular complexity index is 860. The van der Waals surface area contributed by atoms with Gasteiger partial charge >= 0.3 is 160 Å². The summed E-state index contributed by atoms with van der Waals surface area (Å²) in [5.41, 5.74) is 8.69. The molecule has 5 heteroatoms. The molecule has 0 radical (unpaired) electrons. The number of hydrogen-bond acceptors (Lipinski definition) is 2. The maximum atomic E-state index is 5.98. The first-order valence-corrected chi connectivity index (χ1v) is 11.7. The molecular formula is C22H20Cl2O2Zr. The zero-order valence-corrected chi connectivity index (χ0v) is 19.2. The zero-order valence-electron chi connectivity index (χ0n) is 15.3. The van der Waals surface area contributed by atoms with Gasteiger partial charge < -0.3 is 24.8 Å². The van der Waals surface area contributed by atoms with Crippen LogP contribution in [0, 0.1) is 0 Å². The number of rotatable bonds is 2. The molecule has 0 spiro atoms.